The fourth-order valence-electron chi connectivity index (χ4n) is 3.44. The molecule has 0 aliphatic rings. The number of fused-ring (bicyclic) bond motifs is 2. The lowest BCUT2D eigenvalue weighted by molar-refractivity contribution is 0.474. The maximum atomic E-state index is 9.91. The van der Waals surface area contributed by atoms with E-state index in [1.54, 1.807) is 36.7 Å². The van der Waals surface area contributed by atoms with Crippen LogP contribution in [0.4, 0.5) is 11.4 Å². The minimum atomic E-state index is 0.193. The van der Waals surface area contributed by atoms with Crippen molar-refractivity contribution in [1.29, 1.82) is 0 Å². The van der Waals surface area contributed by atoms with E-state index in [9.17, 15) is 10.2 Å². The molecule has 0 saturated carbocycles. The van der Waals surface area contributed by atoms with Crippen LogP contribution in [-0.2, 0) is 0 Å². The van der Waals surface area contributed by atoms with E-state index < -0.39 is 0 Å². The van der Waals surface area contributed by atoms with Crippen molar-refractivity contribution in [3.05, 3.63) is 102 Å². The number of hydrogen-bond donors (Lipinski definition) is 2. The van der Waals surface area contributed by atoms with Gasteiger partial charge in [0.25, 0.3) is 0 Å². The number of pyridine rings is 1. The Morgan fingerprint density at radius 1 is 0.562 bits per heavy atom. The molecule has 1 aromatic heterocycles. The summed E-state index contributed by atoms with van der Waals surface area (Å²) >= 11 is 0. The van der Waals surface area contributed by atoms with Gasteiger partial charge in [-0.25, -0.2) is 4.98 Å². The summed E-state index contributed by atoms with van der Waals surface area (Å²) in [7, 11) is 0. The van der Waals surface area contributed by atoms with Gasteiger partial charge in [0.05, 0.1) is 22.4 Å². The van der Waals surface area contributed by atoms with Gasteiger partial charge in [-0.1, -0.05) is 36.4 Å². The van der Waals surface area contributed by atoms with E-state index in [-0.39, 0.29) is 11.5 Å². The Labute approximate surface area is 184 Å². The highest BCUT2D eigenvalue weighted by atomic mass is 16.3. The molecule has 5 rings (SSSR count). The van der Waals surface area contributed by atoms with Crippen molar-refractivity contribution < 1.29 is 10.2 Å². The Morgan fingerprint density at radius 3 is 1.50 bits per heavy atom. The number of phenols is 2. The molecule has 5 nitrogen and oxygen atoms in total. The zero-order chi connectivity index (χ0) is 21.9. The highest BCUT2D eigenvalue weighted by Crippen LogP contribution is 2.27. The lowest BCUT2D eigenvalue weighted by atomic mass is 10.1. The Bertz CT molecular complexity index is 1400. The summed E-state index contributed by atoms with van der Waals surface area (Å²) in [5.74, 6) is 0.385. The first-order valence-electron chi connectivity index (χ1n) is 10.1. The minimum absolute atomic E-state index is 0.193. The number of aliphatic imine (C=N–C) groups is 2. The van der Waals surface area contributed by atoms with E-state index >= 15 is 0 Å². The van der Waals surface area contributed by atoms with Gasteiger partial charge in [0.1, 0.15) is 11.5 Å². The van der Waals surface area contributed by atoms with Gasteiger partial charge in [0.2, 0.25) is 0 Å². The monoisotopic (exact) mass is 417 g/mol. The van der Waals surface area contributed by atoms with Gasteiger partial charge >= 0.3 is 0 Å². The molecule has 4 aromatic carbocycles. The number of aromatic hydroxyl groups is 2. The van der Waals surface area contributed by atoms with E-state index in [4.69, 9.17) is 4.98 Å². The molecular weight excluding hydrogens is 398 g/mol. The third-order valence-corrected chi connectivity index (χ3v) is 5.16. The Kier molecular flexibility index (Phi) is 5.06. The van der Waals surface area contributed by atoms with E-state index in [0.29, 0.717) is 11.1 Å². The maximum absolute atomic E-state index is 9.91. The maximum Gasteiger partial charge on any atom is 0.124 e. The van der Waals surface area contributed by atoms with Gasteiger partial charge in [-0.15, -0.1) is 0 Å². The zero-order valence-electron chi connectivity index (χ0n) is 17.1. The number of rotatable bonds is 4. The van der Waals surface area contributed by atoms with E-state index in [2.05, 4.69) is 16.1 Å². The average molecular weight is 417 g/mol. The lowest BCUT2D eigenvalue weighted by Crippen LogP contribution is -1.84. The molecule has 0 aliphatic carbocycles. The van der Waals surface area contributed by atoms with Crippen LogP contribution in [-0.4, -0.2) is 27.6 Å². The van der Waals surface area contributed by atoms with Crippen LogP contribution in [0.2, 0.25) is 0 Å². The predicted octanol–water partition coefficient (Wildman–Crippen LogP) is 6.30. The molecule has 0 fully saturated rings. The van der Waals surface area contributed by atoms with Crippen LogP contribution in [0.3, 0.4) is 0 Å². The van der Waals surface area contributed by atoms with Crippen LogP contribution in [0.15, 0.2) is 101 Å². The summed E-state index contributed by atoms with van der Waals surface area (Å²) in [6, 6.07) is 27.9. The third-order valence-electron chi connectivity index (χ3n) is 5.16. The predicted molar refractivity (Wildman–Crippen MR) is 130 cm³/mol. The molecule has 0 amide bonds. The van der Waals surface area contributed by atoms with Gasteiger partial charge in [-0.2, -0.15) is 0 Å². The number of para-hydroxylation sites is 2. The summed E-state index contributed by atoms with van der Waals surface area (Å²) < 4.78 is 0. The minimum Gasteiger partial charge on any atom is -0.507 e. The largest absolute Gasteiger partial charge is 0.507 e. The smallest absolute Gasteiger partial charge is 0.124 e. The summed E-state index contributed by atoms with van der Waals surface area (Å²) in [6.45, 7) is 0. The summed E-state index contributed by atoms with van der Waals surface area (Å²) in [5, 5.41) is 21.9. The number of aromatic nitrogens is 1. The van der Waals surface area contributed by atoms with Crippen LogP contribution in [0.5, 0.6) is 11.5 Å². The standard InChI is InChI=1S/C27H19N3O2/c31-26-7-3-1-5-20(26)16-28-22-11-9-18-13-19-10-12-23(15-25(19)30-24(18)14-22)29-17-21-6-2-4-8-27(21)32/h1-17,31-32H/b28-16+,29-17+. The molecule has 154 valence electrons. The van der Waals surface area contributed by atoms with Gasteiger partial charge in [-0.3, -0.25) is 9.98 Å². The first kappa shape index (κ1) is 19.5. The summed E-state index contributed by atoms with van der Waals surface area (Å²) in [5.41, 5.74) is 4.47. The molecule has 1 heterocycles. The second-order valence-corrected chi connectivity index (χ2v) is 7.38. The first-order chi connectivity index (χ1) is 15.7. The van der Waals surface area contributed by atoms with Crippen molar-refractivity contribution in [2.45, 2.75) is 0 Å². The molecule has 0 aliphatic heterocycles. The van der Waals surface area contributed by atoms with Crippen LogP contribution in [0.25, 0.3) is 21.8 Å². The van der Waals surface area contributed by atoms with Gasteiger partial charge in [0, 0.05) is 34.3 Å². The first-order valence-corrected chi connectivity index (χ1v) is 10.1. The van der Waals surface area contributed by atoms with Crippen molar-refractivity contribution in [2.75, 3.05) is 0 Å². The van der Waals surface area contributed by atoms with E-state index in [0.717, 1.165) is 33.2 Å². The molecule has 0 saturated heterocycles. The normalized spacial score (nSPS) is 11.8. The lowest BCUT2D eigenvalue weighted by Gasteiger charge is -2.04. The molecule has 0 radical (unpaired) electrons. The van der Waals surface area contributed by atoms with Crippen molar-refractivity contribution in [3.8, 4) is 11.5 Å². The van der Waals surface area contributed by atoms with Crippen LogP contribution in [0.1, 0.15) is 11.1 Å². The van der Waals surface area contributed by atoms with Crippen LogP contribution < -0.4 is 0 Å². The molecule has 2 N–H and O–H groups in total. The third kappa shape index (κ3) is 4.04. The zero-order valence-corrected chi connectivity index (χ0v) is 17.1. The fourth-order valence-corrected chi connectivity index (χ4v) is 3.44. The second-order valence-electron chi connectivity index (χ2n) is 7.38. The second kappa shape index (κ2) is 8.32. The molecule has 32 heavy (non-hydrogen) atoms. The Hall–Kier alpha value is -4.51. The van der Waals surface area contributed by atoms with Crippen LogP contribution >= 0.6 is 0 Å². The fraction of sp³-hybridized carbons (Fsp3) is 0. The molecule has 0 spiro atoms. The van der Waals surface area contributed by atoms with Crippen molar-refractivity contribution in [1.82, 2.24) is 4.98 Å². The van der Waals surface area contributed by atoms with Crippen molar-refractivity contribution in [2.24, 2.45) is 9.98 Å². The van der Waals surface area contributed by atoms with Crippen LogP contribution in [0, 0.1) is 0 Å². The molecule has 0 unspecified atom stereocenters. The molecule has 5 heteroatoms. The average Bonchev–Trinajstić information content (AvgIpc) is 2.81. The summed E-state index contributed by atoms with van der Waals surface area (Å²) in [6.07, 6.45) is 3.28. The molecule has 0 atom stereocenters. The summed E-state index contributed by atoms with van der Waals surface area (Å²) in [4.78, 5) is 13.8. The highest BCUT2D eigenvalue weighted by Gasteiger charge is 2.03. The topological polar surface area (TPSA) is 78.1 Å². The van der Waals surface area contributed by atoms with Crippen molar-refractivity contribution in [3.63, 3.8) is 0 Å². The van der Waals surface area contributed by atoms with Crippen molar-refractivity contribution >= 4 is 45.6 Å². The SMILES string of the molecule is Oc1ccccc1/C=N/c1ccc2cc3ccc(/N=C/c4ccccc4O)cc3nc2c1. The van der Waals surface area contributed by atoms with Gasteiger partial charge < -0.3 is 10.2 Å². The molecule has 5 aromatic rings. The molecular formula is C27H19N3O2. The number of nitrogens with zero attached hydrogens (tertiary/aromatic N) is 3. The Morgan fingerprint density at radius 2 is 1.03 bits per heavy atom. The van der Waals surface area contributed by atoms with E-state index in [1.807, 2.05) is 60.7 Å². The number of phenolic OH excluding ortho intramolecular Hbond substituents is 2. The molecule has 0 bridgehead atoms. The highest BCUT2D eigenvalue weighted by molar-refractivity contribution is 5.96. The number of benzene rings is 4. The van der Waals surface area contributed by atoms with Gasteiger partial charge in [0.15, 0.2) is 0 Å². The van der Waals surface area contributed by atoms with E-state index in [1.165, 1.54) is 0 Å². The number of hydrogen-bond acceptors (Lipinski definition) is 5. The van der Waals surface area contributed by atoms with Gasteiger partial charge in [-0.05, 0) is 54.6 Å². The quantitative estimate of drug-likeness (QED) is 0.266. The Balaban J connectivity index is 1.48.